The highest BCUT2D eigenvalue weighted by Crippen LogP contribution is 2.19. The van der Waals surface area contributed by atoms with Crippen molar-refractivity contribution in [2.75, 3.05) is 26.7 Å². The third-order valence-corrected chi connectivity index (χ3v) is 3.80. The zero-order valence-corrected chi connectivity index (χ0v) is 12.8. The number of carbonyl (C=O) groups is 1. The molecular formula is C15H22ClFN2O. The molecule has 1 aliphatic rings. The van der Waals surface area contributed by atoms with Crippen molar-refractivity contribution < 1.29 is 9.18 Å². The number of carbonyl (C=O) groups excluding carboxylic acids is 1. The van der Waals surface area contributed by atoms with Crippen LogP contribution in [0.25, 0.3) is 0 Å². The van der Waals surface area contributed by atoms with E-state index in [0.717, 1.165) is 32.5 Å². The SMILES string of the molecule is CNCC1CCN(C(=O)c2ccc(F)c(C)c2)CC1.Cl. The van der Waals surface area contributed by atoms with Gasteiger partial charge in [-0.25, -0.2) is 4.39 Å². The zero-order chi connectivity index (χ0) is 13.8. The van der Waals surface area contributed by atoms with Gasteiger partial charge in [0.05, 0.1) is 0 Å². The average molecular weight is 301 g/mol. The highest BCUT2D eigenvalue weighted by atomic mass is 35.5. The number of hydrogen-bond donors (Lipinski definition) is 1. The van der Waals surface area contributed by atoms with Gasteiger partial charge < -0.3 is 10.2 Å². The Morgan fingerprint density at radius 1 is 1.40 bits per heavy atom. The summed E-state index contributed by atoms with van der Waals surface area (Å²) >= 11 is 0. The Balaban J connectivity index is 0.00000200. The number of hydrogen-bond acceptors (Lipinski definition) is 2. The Morgan fingerprint density at radius 2 is 2.05 bits per heavy atom. The van der Waals surface area contributed by atoms with Crippen molar-refractivity contribution in [3.05, 3.63) is 35.1 Å². The number of nitrogens with zero attached hydrogens (tertiary/aromatic N) is 1. The van der Waals surface area contributed by atoms with Crippen LogP contribution in [0.4, 0.5) is 4.39 Å². The standard InChI is InChI=1S/C15H21FN2O.ClH/c1-11-9-13(3-4-14(11)16)15(19)18-7-5-12(6-8-18)10-17-2;/h3-4,9,12,17H,5-8,10H2,1-2H3;1H. The van der Waals surface area contributed by atoms with Crippen molar-refractivity contribution in [1.82, 2.24) is 10.2 Å². The van der Waals surface area contributed by atoms with Crippen LogP contribution in [-0.4, -0.2) is 37.5 Å². The molecule has 20 heavy (non-hydrogen) atoms. The van der Waals surface area contributed by atoms with E-state index in [9.17, 15) is 9.18 Å². The third kappa shape index (κ3) is 3.93. The molecule has 0 atom stereocenters. The molecule has 0 aromatic heterocycles. The molecule has 1 aliphatic heterocycles. The van der Waals surface area contributed by atoms with Crippen LogP contribution in [0.5, 0.6) is 0 Å². The second-order valence-corrected chi connectivity index (χ2v) is 5.26. The van der Waals surface area contributed by atoms with Gasteiger partial charge >= 0.3 is 0 Å². The summed E-state index contributed by atoms with van der Waals surface area (Å²) in [6, 6.07) is 4.58. The minimum absolute atomic E-state index is 0. The first kappa shape index (κ1) is 16.9. The van der Waals surface area contributed by atoms with Crippen LogP contribution in [0, 0.1) is 18.7 Å². The second-order valence-electron chi connectivity index (χ2n) is 5.26. The van der Waals surface area contributed by atoms with Crippen LogP contribution in [0.1, 0.15) is 28.8 Å². The molecule has 0 radical (unpaired) electrons. The summed E-state index contributed by atoms with van der Waals surface area (Å²) in [7, 11) is 1.96. The van der Waals surface area contributed by atoms with Crippen LogP contribution >= 0.6 is 12.4 Å². The summed E-state index contributed by atoms with van der Waals surface area (Å²) in [4.78, 5) is 14.2. The van der Waals surface area contributed by atoms with Crippen molar-refractivity contribution >= 4 is 18.3 Å². The fourth-order valence-electron chi connectivity index (χ4n) is 2.59. The predicted octanol–water partition coefficient (Wildman–Crippen LogP) is 2.63. The van der Waals surface area contributed by atoms with Crippen molar-refractivity contribution in [1.29, 1.82) is 0 Å². The minimum Gasteiger partial charge on any atom is -0.339 e. The van der Waals surface area contributed by atoms with Crippen LogP contribution in [0.2, 0.25) is 0 Å². The number of likely N-dealkylation sites (tertiary alicyclic amines) is 1. The molecule has 1 N–H and O–H groups in total. The number of nitrogens with one attached hydrogen (secondary N) is 1. The van der Waals surface area contributed by atoms with Gasteiger partial charge in [-0.1, -0.05) is 0 Å². The van der Waals surface area contributed by atoms with E-state index in [1.807, 2.05) is 11.9 Å². The number of halogens is 2. The highest BCUT2D eigenvalue weighted by molar-refractivity contribution is 5.94. The van der Waals surface area contributed by atoms with Gasteiger partial charge in [0.2, 0.25) is 0 Å². The van der Waals surface area contributed by atoms with Crippen LogP contribution in [0.15, 0.2) is 18.2 Å². The molecule has 1 fully saturated rings. The Morgan fingerprint density at radius 3 is 2.60 bits per heavy atom. The quantitative estimate of drug-likeness (QED) is 0.931. The maximum Gasteiger partial charge on any atom is 0.253 e. The van der Waals surface area contributed by atoms with E-state index in [-0.39, 0.29) is 24.1 Å². The Bertz CT molecular complexity index is 459. The van der Waals surface area contributed by atoms with Gasteiger partial charge in [-0.15, -0.1) is 12.4 Å². The fourth-order valence-corrected chi connectivity index (χ4v) is 2.59. The summed E-state index contributed by atoms with van der Waals surface area (Å²) in [5.74, 6) is 0.416. The molecule has 0 saturated carbocycles. The molecule has 1 amide bonds. The molecule has 0 spiro atoms. The molecule has 0 unspecified atom stereocenters. The Labute approximate surface area is 125 Å². The summed E-state index contributed by atoms with van der Waals surface area (Å²) in [6.07, 6.45) is 2.07. The highest BCUT2D eigenvalue weighted by Gasteiger charge is 2.23. The average Bonchev–Trinajstić information content (AvgIpc) is 2.42. The molecule has 112 valence electrons. The van der Waals surface area contributed by atoms with E-state index >= 15 is 0 Å². The molecule has 1 saturated heterocycles. The number of rotatable bonds is 3. The van der Waals surface area contributed by atoms with Crippen LogP contribution in [0.3, 0.4) is 0 Å². The fraction of sp³-hybridized carbons (Fsp3) is 0.533. The first-order valence-electron chi connectivity index (χ1n) is 6.82. The molecule has 3 nitrogen and oxygen atoms in total. The van der Waals surface area contributed by atoms with E-state index in [2.05, 4.69) is 5.32 Å². The summed E-state index contributed by atoms with van der Waals surface area (Å²) < 4.78 is 13.2. The van der Waals surface area contributed by atoms with Gasteiger partial charge in [0.1, 0.15) is 5.82 Å². The largest absolute Gasteiger partial charge is 0.339 e. The van der Waals surface area contributed by atoms with Crippen molar-refractivity contribution in [2.24, 2.45) is 5.92 Å². The lowest BCUT2D eigenvalue weighted by molar-refractivity contribution is 0.0691. The van der Waals surface area contributed by atoms with Gasteiger partial charge in [0.25, 0.3) is 5.91 Å². The normalized spacial score (nSPS) is 15.8. The maximum absolute atomic E-state index is 13.2. The van der Waals surface area contributed by atoms with E-state index in [1.165, 1.54) is 6.07 Å². The first-order valence-corrected chi connectivity index (χ1v) is 6.82. The molecule has 5 heteroatoms. The lowest BCUT2D eigenvalue weighted by atomic mass is 9.96. The monoisotopic (exact) mass is 300 g/mol. The maximum atomic E-state index is 13.2. The van der Waals surface area contributed by atoms with E-state index in [1.54, 1.807) is 19.1 Å². The molecule has 1 aromatic rings. The first-order chi connectivity index (χ1) is 9.11. The summed E-state index contributed by atoms with van der Waals surface area (Å²) in [6.45, 7) is 4.28. The van der Waals surface area contributed by atoms with E-state index in [4.69, 9.17) is 0 Å². The minimum atomic E-state index is -0.260. The van der Waals surface area contributed by atoms with Gasteiger partial charge in [-0.2, -0.15) is 0 Å². The van der Waals surface area contributed by atoms with Gasteiger partial charge in [0.15, 0.2) is 0 Å². The summed E-state index contributed by atoms with van der Waals surface area (Å²) in [5, 5.41) is 3.18. The van der Waals surface area contributed by atoms with Crippen LogP contribution in [-0.2, 0) is 0 Å². The Hall–Kier alpha value is -1.13. The lowest BCUT2D eigenvalue weighted by Crippen LogP contribution is -2.40. The third-order valence-electron chi connectivity index (χ3n) is 3.80. The number of amides is 1. The lowest BCUT2D eigenvalue weighted by Gasteiger charge is -2.32. The smallest absolute Gasteiger partial charge is 0.253 e. The molecule has 1 aromatic carbocycles. The molecule has 2 rings (SSSR count). The van der Waals surface area contributed by atoms with Gasteiger partial charge in [-0.05, 0) is 63.0 Å². The van der Waals surface area contributed by atoms with Crippen molar-refractivity contribution in [2.45, 2.75) is 19.8 Å². The van der Waals surface area contributed by atoms with Gasteiger partial charge in [-0.3, -0.25) is 4.79 Å². The predicted molar refractivity (Wildman–Crippen MR) is 80.9 cm³/mol. The molecule has 0 aliphatic carbocycles. The Kier molecular flexibility index (Phi) is 6.43. The molecule has 0 bridgehead atoms. The second kappa shape index (κ2) is 7.60. The van der Waals surface area contributed by atoms with E-state index < -0.39 is 0 Å². The molecular weight excluding hydrogens is 279 g/mol. The van der Waals surface area contributed by atoms with Crippen molar-refractivity contribution in [3.8, 4) is 0 Å². The number of aryl methyl sites for hydroxylation is 1. The van der Waals surface area contributed by atoms with E-state index in [0.29, 0.717) is 17.0 Å². The zero-order valence-electron chi connectivity index (χ0n) is 12.0. The van der Waals surface area contributed by atoms with Gasteiger partial charge in [0, 0.05) is 18.7 Å². The molecule has 1 heterocycles. The topological polar surface area (TPSA) is 32.3 Å². The van der Waals surface area contributed by atoms with Crippen LogP contribution < -0.4 is 5.32 Å². The number of benzene rings is 1. The van der Waals surface area contributed by atoms with Crippen molar-refractivity contribution in [3.63, 3.8) is 0 Å². The number of piperidine rings is 1. The summed E-state index contributed by atoms with van der Waals surface area (Å²) in [5.41, 5.74) is 1.11.